The van der Waals surface area contributed by atoms with Crippen LogP contribution in [-0.4, -0.2) is 0 Å². The van der Waals surface area contributed by atoms with Gasteiger partial charge in [-0.05, 0) is 0 Å². The Morgan fingerprint density at radius 2 is 0.800 bits per heavy atom. The smallest absolute Gasteiger partial charge is 0.344 e. The zero-order chi connectivity index (χ0) is 2.00. The summed E-state index contributed by atoms with van der Waals surface area (Å²) < 4.78 is 0. The molecule has 0 fully saturated rings. The van der Waals surface area contributed by atoms with Gasteiger partial charge >= 0.3 is 17.1 Å². The molecule has 0 unspecified atom stereocenters. The fourth-order valence-electron chi connectivity index (χ4n) is 0. The van der Waals surface area contributed by atoms with E-state index in [1.807, 2.05) is 0 Å². The Morgan fingerprint density at radius 1 is 0.800 bits per heavy atom. The van der Waals surface area contributed by atoms with Gasteiger partial charge in [-0.15, -0.1) is 13.2 Å². The van der Waals surface area contributed by atoms with E-state index >= 15 is 0 Å². The molecule has 0 bridgehead atoms. The summed E-state index contributed by atoms with van der Waals surface area (Å²) in [4.78, 5) is 0. The minimum Gasteiger partial charge on any atom is -0.344 e. The predicted molar refractivity (Wildman–Crippen MR) is 21.3 cm³/mol. The zero-order valence-corrected chi connectivity index (χ0v) is 4.39. The van der Waals surface area contributed by atoms with Crippen LogP contribution in [0.3, 0.4) is 0 Å². The second-order valence-corrected chi connectivity index (χ2v) is 0. The molecule has 0 atom stereocenters. The molecule has 33 valence electrons. The van der Waals surface area contributed by atoms with Crippen LogP contribution < -0.4 is 12.3 Å². The third-order valence-electron chi connectivity index (χ3n) is 0. The molecule has 0 aromatic rings. The topological polar surface area (TPSA) is 70.0 Å². The first-order valence-corrected chi connectivity index (χ1v) is 0.500. The van der Waals surface area contributed by atoms with Crippen LogP contribution in [0.25, 0.3) is 0 Å². The fourth-order valence-corrected chi connectivity index (χ4v) is 0. The van der Waals surface area contributed by atoms with Crippen molar-refractivity contribution in [2.75, 3.05) is 0 Å². The molecule has 6 N–H and O–H groups in total. The first-order valence-electron chi connectivity index (χ1n) is 0.500. The zero-order valence-electron chi connectivity index (χ0n) is 3.21. The maximum Gasteiger partial charge on any atom is 2.00 e. The molecule has 3 heteroatoms. The number of hydrogen-bond acceptors (Lipinski definition) is 2. The number of rotatable bonds is 0. The second-order valence-electron chi connectivity index (χ2n) is 0. The van der Waals surface area contributed by atoms with Gasteiger partial charge in [0, 0.05) is 0 Å². The van der Waals surface area contributed by atoms with Crippen molar-refractivity contribution in [1.82, 2.24) is 12.3 Å². The van der Waals surface area contributed by atoms with Crippen LogP contribution in [0.1, 0.15) is 0 Å². The first-order chi connectivity index (χ1) is 1.00. The molecule has 0 heterocycles. The molecule has 0 amide bonds. The van der Waals surface area contributed by atoms with E-state index in [2.05, 4.69) is 13.2 Å². The third kappa shape index (κ3) is 616. The van der Waals surface area contributed by atoms with Crippen LogP contribution in [0.4, 0.5) is 0 Å². The standard InChI is InChI=1S/C2H4.Mn.2H3N/c1-2;;;/h1-2H2;;2*1H3/q;+2;;. The van der Waals surface area contributed by atoms with Gasteiger partial charge in [0.15, 0.2) is 0 Å². The molecule has 0 aromatic carbocycles. The Hall–Kier alpha value is 0.179. The molecule has 2 nitrogen and oxygen atoms in total. The van der Waals surface area contributed by atoms with Crippen LogP contribution in [0, 0.1) is 0 Å². The molecule has 5 heavy (non-hydrogen) atoms. The van der Waals surface area contributed by atoms with Crippen molar-refractivity contribution < 1.29 is 17.1 Å². The van der Waals surface area contributed by atoms with E-state index in [0.717, 1.165) is 0 Å². The quantitative estimate of drug-likeness (QED) is 0.368. The summed E-state index contributed by atoms with van der Waals surface area (Å²) in [5.74, 6) is 0. The van der Waals surface area contributed by atoms with Crippen LogP contribution in [0.5, 0.6) is 0 Å². The van der Waals surface area contributed by atoms with Crippen molar-refractivity contribution in [3.05, 3.63) is 13.2 Å². The van der Waals surface area contributed by atoms with E-state index in [1.165, 1.54) is 0 Å². The van der Waals surface area contributed by atoms with E-state index < -0.39 is 0 Å². The summed E-state index contributed by atoms with van der Waals surface area (Å²) >= 11 is 0. The second kappa shape index (κ2) is 1310. The minimum absolute atomic E-state index is 0. The summed E-state index contributed by atoms with van der Waals surface area (Å²) in [7, 11) is 0. The first kappa shape index (κ1) is 65.0. The molecular weight excluding hydrogens is 107 g/mol. The average molecular weight is 117 g/mol. The SMILES string of the molecule is C=C.N.N.[Mn+2]. The predicted octanol–water partition coefficient (Wildman–Crippen LogP) is 1.12. The Bertz CT molecular complexity index is 7.61. The summed E-state index contributed by atoms with van der Waals surface area (Å²) in [6.07, 6.45) is 0. The van der Waals surface area contributed by atoms with Crippen molar-refractivity contribution in [3.8, 4) is 0 Å². The van der Waals surface area contributed by atoms with E-state index in [9.17, 15) is 0 Å². The van der Waals surface area contributed by atoms with Gasteiger partial charge in [-0.3, -0.25) is 0 Å². The van der Waals surface area contributed by atoms with Gasteiger partial charge in [0.2, 0.25) is 0 Å². The van der Waals surface area contributed by atoms with Crippen molar-refractivity contribution in [2.24, 2.45) is 0 Å². The van der Waals surface area contributed by atoms with Gasteiger partial charge in [0.25, 0.3) is 0 Å². The van der Waals surface area contributed by atoms with Gasteiger partial charge in [0.1, 0.15) is 0 Å². The molecule has 0 aromatic heterocycles. The summed E-state index contributed by atoms with van der Waals surface area (Å²) in [6.45, 7) is 6.00. The summed E-state index contributed by atoms with van der Waals surface area (Å²) in [6, 6.07) is 0. The van der Waals surface area contributed by atoms with Crippen LogP contribution in [-0.2, 0) is 17.1 Å². The Kier molecular flexibility index (Phi) is 17100. The van der Waals surface area contributed by atoms with Crippen molar-refractivity contribution >= 4 is 0 Å². The maximum atomic E-state index is 3.00. The fraction of sp³-hybridized carbons (Fsp3) is 0. The molecule has 0 saturated carbocycles. The Balaban J connectivity index is -0.00000000167. The molecule has 0 spiro atoms. The van der Waals surface area contributed by atoms with E-state index in [-0.39, 0.29) is 29.4 Å². The van der Waals surface area contributed by atoms with Crippen LogP contribution >= 0.6 is 0 Å². The van der Waals surface area contributed by atoms with Crippen LogP contribution in [0.15, 0.2) is 13.2 Å². The minimum atomic E-state index is 0. The molecule has 0 rings (SSSR count). The van der Waals surface area contributed by atoms with E-state index in [0.29, 0.717) is 0 Å². The largest absolute Gasteiger partial charge is 2.00 e. The van der Waals surface area contributed by atoms with E-state index in [4.69, 9.17) is 0 Å². The van der Waals surface area contributed by atoms with Gasteiger partial charge < -0.3 is 12.3 Å². The molecule has 0 saturated heterocycles. The Morgan fingerprint density at radius 3 is 0.800 bits per heavy atom. The average Bonchev–Trinajstić information content (AvgIpc) is 1.00. The molecular formula is C2H10MnN2+2. The van der Waals surface area contributed by atoms with Crippen molar-refractivity contribution in [1.29, 1.82) is 0 Å². The summed E-state index contributed by atoms with van der Waals surface area (Å²) in [5.41, 5.74) is 0. The van der Waals surface area contributed by atoms with Gasteiger partial charge in [-0.25, -0.2) is 0 Å². The third-order valence-corrected chi connectivity index (χ3v) is 0. The van der Waals surface area contributed by atoms with Crippen LogP contribution in [0.2, 0.25) is 0 Å². The van der Waals surface area contributed by atoms with E-state index in [1.54, 1.807) is 0 Å². The molecule has 0 aliphatic carbocycles. The van der Waals surface area contributed by atoms with Crippen molar-refractivity contribution in [2.45, 2.75) is 0 Å². The van der Waals surface area contributed by atoms with Gasteiger partial charge in [0.05, 0.1) is 0 Å². The molecule has 1 radical (unpaired) electrons. The summed E-state index contributed by atoms with van der Waals surface area (Å²) in [5, 5.41) is 0. The monoisotopic (exact) mass is 117 g/mol. The molecule has 0 aliphatic heterocycles. The van der Waals surface area contributed by atoms with Gasteiger partial charge in [-0.2, -0.15) is 0 Å². The molecule has 0 aliphatic rings. The maximum absolute atomic E-state index is 3.00. The Labute approximate surface area is 43.3 Å². The van der Waals surface area contributed by atoms with Crippen molar-refractivity contribution in [3.63, 3.8) is 0 Å². The van der Waals surface area contributed by atoms with Gasteiger partial charge in [-0.1, -0.05) is 0 Å². The number of hydrogen-bond donors (Lipinski definition) is 2. The normalized spacial score (nSPS) is 0.800.